The predicted octanol–water partition coefficient (Wildman–Crippen LogP) is 6.12. The molecular weight excluding hydrogens is 476 g/mol. The third-order valence-electron chi connectivity index (χ3n) is 5.49. The van der Waals surface area contributed by atoms with Crippen LogP contribution in [0.4, 0.5) is 0 Å². The molecule has 0 spiro atoms. The number of rotatable bonds is 6. The molecule has 1 saturated carbocycles. The van der Waals surface area contributed by atoms with E-state index >= 15 is 0 Å². The first-order valence-corrected chi connectivity index (χ1v) is 11.1. The van der Waals surface area contributed by atoms with Crippen molar-refractivity contribution >= 4 is 0 Å². The maximum Gasteiger partial charge on any atom is 0.00606 e. The molecule has 180 valence electrons. The smallest absolute Gasteiger partial charge is 0.00606 e. The van der Waals surface area contributed by atoms with Crippen molar-refractivity contribution in [1.29, 1.82) is 0 Å². The fraction of sp³-hybridized carbons (Fsp3) is 0.286. The van der Waals surface area contributed by atoms with Gasteiger partial charge in [-0.05, 0) is 32.2 Å². The molecule has 0 amide bonds. The Bertz CT molecular complexity index is 703. The fourth-order valence-corrected chi connectivity index (χ4v) is 3.73. The van der Waals surface area contributed by atoms with E-state index in [1.807, 2.05) is 60.7 Å². The molecule has 0 saturated heterocycles. The average molecular weight is 510 g/mol. The van der Waals surface area contributed by atoms with Gasteiger partial charge in [0.05, 0.1) is 0 Å². The van der Waals surface area contributed by atoms with Gasteiger partial charge in [-0.25, -0.2) is 36.4 Å². The third-order valence-corrected chi connectivity index (χ3v) is 5.49. The maximum atomic E-state index is 3.69. The molecule has 0 aromatic heterocycles. The fourth-order valence-electron chi connectivity index (χ4n) is 3.73. The molecule has 0 heterocycles. The molecule has 1 aliphatic carbocycles. The van der Waals surface area contributed by atoms with E-state index in [9.17, 15) is 0 Å². The molecule has 2 N–H and O–H groups in total. The summed E-state index contributed by atoms with van der Waals surface area (Å²) >= 11 is 0. The van der Waals surface area contributed by atoms with Gasteiger partial charge in [-0.15, -0.1) is 5.56 Å². The van der Waals surface area contributed by atoms with Crippen LogP contribution in [-0.4, -0.2) is 12.1 Å². The van der Waals surface area contributed by atoms with Crippen molar-refractivity contribution in [2.75, 3.05) is 0 Å². The Morgan fingerprint density at radius 2 is 1.06 bits per heavy atom. The molecule has 0 bridgehead atoms. The molecule has 0 radical (unpaired) electrons. The topological polar surface area (TPSA) is 24.1 Å². The zero-order valence-corrected chi connectivity index (χ0v) is 20.7. The predicted molar refractivity (Wildman–Crippen MR) is 128 cm³/mol. The Kier molecular flexibility index (Phi) is 15.8. The number of hydrogen-bond acceptors (Lipinski definition) is 2. The van der Waals surface area contributed by atoms with E-state index in [4.69, 9.17) is 0 Å². The summed E-state index contributed by atoms with van der Waals surface area (Å²) in [5.74, 6) is 0. The van der Waals surface area contributed by atoms with Crippen molar-refractivity contribution in [3.05, 3.63) is 120 Å². The van der Waals surface area contributed by atoms with Gasteiger partial charge in [0, 0.05) is 46.2 Å². The van der Waals surface area contributed by atoms with Crippen LogP contribution in [0.5, 0.6) is 0 Å². The van der Waals surface area contributed by atoms with E-state index in [0.717, 1.165) is 13.1 Å². The van der Waals surface area contributed by atoms with Crippen molar-refractivity contribution in [3.63, 3.8) is 0 Å². The molecule has 1 fully saturated rings. The molecule has 0 unspecified atom stereocenters. The van der Waals surface area contributed by atoms with Gasteiger partial charge < -0.3 is 40.5 Å². The standard InChI is InChI=1S/C18H24N2.2C5H5.2Fe/c1-2-6-15(5-1)13-19-17-9-11-18(12-10-17)20-14-16-7-3-4-8-16;2*1-2-4-5-3-1;;/h1-8,17-20H,9-14H2;2*1-5H;;/q-6;2*-1;;. The molecule has 1 aliphatic rings. The second-order valence-electron chi connectivity index (χ2n) is 7.82. The molecule has 2 nitrogen and oxygen atoms in total. The van der Waals surface area contributed by atoms with Gasteiger partial charge in [-0.2, -0.15) is 55.1 Å². The van der Waals surface area contributed by atoms with E-state index in [0.29, 0.717) is 12.1 Å². The number of hydrogen-bond donors (Lipinski definition) is 2. The van der Waals surface area contributed by atoms with Crippen LogP contribution < -0.4 is 10.6 Å². The molecule has 4 aromatic carbocycles. The first-order chi connectivity index (χ1) is 14.9. The van der Waals surface area contributed by atoms with Crippen LogP contribution in [0.2, 0.25) is 0 Å². The second kappa shape index (κ2) is 17.9. The molecule has 5 rings (SSSR count). The van der Waals surface area contributed by atoms with Gasteiger partial charge in [-0.1, -0.05) is 0 Å². The van der Waals surface area contributed by atoms with E-state index in [-0.39, 0.29) is 34.1 Å². The van der Waals surface area contributed by atoms with E-state index in [1.54, 1.807) is 0 Å². The van der Waals surface area contributed by atoms with Crippen LogP contribution in [0.3, 0.4) is 0 Å². The summed E-state index contributed by atoms with van der Waals surface area (Å²) in [4.78, 5) is 0. The Balaban J connectivity index is 0.000000353. The van der Waals surface area contributed by atoms with Gasteiger partial charge in [-0.3, -0.25) is 0 Å². The molecule has 4 aromatic rings. The van der Waals surface area contributed by atoms with Gasteiger partial charge in [0.2, 0.25) is 0 Å². The van der Waals surface area contributed by atoms with Crippen molar-refractivity contribution in [1.82, 2.24) is 10.6 Å². The van der Waals surface area contributed by atoms with E-state index < -0.39 is 0 Å². The summed E-state index contributed by atoms with van der Waals surface area (Å²) < 4.78 is 0. The van der Waals surface area contributed by atoms with Crippen molar-refractivity contribution in [3.8, 4) is 0 Å². The van der Waals surface area contributed by atoms with Crippen LogP contribution in [0, 0.1) is 0 Å². The quantitative estimate of drug-likeness (QED) is 0.241. The second-order valence-corrected chi connectivity index (χ2v) is 7.82. The molecule has 0 aliphatic heterocycles. The largest absolute Gasteiger partial charge is 0.748 e. The normalized spacial score (nSPS) is 16.9. The summed E-state index contributed by atoms with van der Waals surface area (Å²) in [6.07, 6.45) is 5.16. The van der Waals surface area contributed by atoms with Crippen LogP contribution in [0.15, 0.2) is 109 Å². The Morgan fingerprint density at radius 1 is 0.625 bits per heavy atom. The first kappa shape index (κ1) is 28.4. The monoisotopic (exact) mass is 510 g/mol. The SMILES string of the molecule is [Fe].[Fe].c1cc[c-](CNC2CCC(NC[c-]3[cH-][cH-][cH-][cH-]3)CC2)c1.c1cc[cH-]c1.c1cc[cH-]c1. The zero-order chi connectivity index (χ0) is 20.7. The zero-order valence-electron chi connectivity index (χ0n) is 18.5. The Hall–Kier alpha value is -1.64. The van der Waals surface area contributed by atoms with Crippen LogP contribution in [0.25, 0.3) is 0 Å². The minimum absolute atomic E-state index is 0. The summed E-state index contributed by atoms with van der Waals surface area (Å²) in [7, 11) is 0. The molecular formula is C28H34Fe2N2-8. The summed E-state index contributed by atoms with van der Waals surface area (Å²) in [6, 6.07) is 38.6. The minimum atomic E-state index is 0. The Labute approximate surface area is 215 Å². The molecule has 0 atom stereocenters. The van der Waals surface area contributed by atoms with Crippen molar-refractivity contribution in [2.24, 2.45) is 0 Å². The van der Waals surface area contributed by atoms with Crippen molar-refractivity contribution < 1.29 is 34.1 Å². The van der Waals surface area contributed by atoms with Crippen molar-refractivity contribution in [2.45, 2.75) is 50.9 Å². The van der Waals surface area contributed by atoms with Gasteiger partial charge in [0.25, 0.3) is 0 Å². The van der Waals surface area contributed by atoms with Gasteiger partial charge in [0.1, 0.15) is 0 Å². The van der Waals surface area contributed by atoms with Gasteiger partial charge >= 0.3 is 0 Å². The summed E-state index contributed by atoms with van der Waals surface area (Å²) in [5, 5.41) is 7.37. The number of nitrogens with one attached hydrogen (secondary N) is 2. The third kappa shape index (κ3) is 11.8. The molecule has 32 heavy (non-hydrogen) atoms. The molecule has 4 heteroatoms. The summed E-state index contributed by atoms with van der Waals surface area (Å²) in [6.45, 7) is 2.03. The summed E-state index contributed by atoms with van der Waals surface area (Å²) in [5.41, 5.74) is 2.81. The van der Waals surface area contributed by atoms with Crippen LogP contribution in [0.1, 0.15) is 36.8 Å². The van der Waals surface area contributed by atoms with E-state index in [2.05, 4.69) is 59.2 Å². The minimum Gasteiger partial charge on any atom is -0.748 e. The Morgan fingerprint density at radius 3 is 1.47 bits per heavy atom. The first-order valence-electron chi connectivity index (χ1n) is 11.1. The van der Waals surface area contributed by atoms with Crippen LogP contribution >= 0.6 is 0 Å². The average Bonchev–Trinajstić information content (AvgIpc) is 3.63. The maximum absolute atomic E-state index is 3.69. The van der Waals surface area contributed by atoms with Gasteiger partial charge in [0.15, 0.2) is 0 Å². The van der Waals surface area contributed by atoms with Crippen LogP contribution in [-0.2, 0) is 47.2 Å². The van der Waals surface area contributed by atoms with E-state index in [1.165, 1.54) is 36.8 Å².